The predicted octanol–water partition coefficient (Wildman–Crippen LogP) is 2.15. The van der Waals surface area contributed by atoms with E-state index >= 15 is 0 Å². The molecule has 0 aromatic carbocycles. The van der Waals surface area contributed by atoms with Gasteiger partial charge >= 0.3 is 0 Å². The van der Waals surface area contributed by atoms with E-state index in [1.807, 2.05) is 6.92 Å². The Hall–Kier alpha value is -0.180. The molecule has 0 bridgehead atoms. The van der Waals surface area contributed by atoms with Crippen LogP contribution in [-0.2, 0) is 15.6 Å². The number of hydrogen-bond acceptors (Lipinski definition) is 2. The van der Waals surface area contributed by atoms with Crippen molar-refractivity contribution in [1.82, 2.24) is 0 Å². The van der Waals surface area contributed by atoms with Crippen molar-refractivity contribution in [3.63, 3.8) is 0 Å². The third-order valence-electron chi connectivity index (χ3n) is 1.77. The summed E-state index contributed by atoms with van der Waals surface area (Å²) in [4.78, 5) is 11.1. The van der Waals surface area contributed by atoms with Gasteiger partial charge in [-0.05, 0) is 18.8 Å². The minimum absolute atomic E-state index is 0.143. The van der Waals surface area contributed by atoms with Gasteiger partial charge in [0.2, 0.25) is 0 Å². The average Bonchev–Trinajstić information content (AvgIpc) is 2.01. The first-order valence-corrected chi connectivity index (χ1v) is 6.41. The lowest BCUT2D eigenvalue weighted by atomic mass is 10.2. The maximum absolute atomic E-state index is 11.3. The summed E-state index contributed by atoms with van der Waals surface area (Å²) in [5.74, 6) is 1.66. The summed E-state index contributed by atoms with van der Waals surface area (Å²) in [5.41, 5.74) is 0. The monoisotopic (exact) mass is 204 g/mol. The lowest BCUT2D eigenvalue weighted by Crippen LogP contribution is -2.13. The molecule has 0 radical (unpaired) electrons. The fourth-order valence-corrected chi connectivity index (χ4v) is 2.35. The lowest BCUT2D eigenvalue weighted by molar-refractivity contribution is -0.116. The Bertz CT molecular complexity index is 176. The second-order valence-electron chi connectivity index (χ2n) is 3.76. The van der Waals surface area contributed by atoms with Gasteiger partial charge in [-0.2, -0.15) is 0 Å². The molecular weight excluding hydrogens is 184 g/mol. The van der Waals surface area contributed by atoms with Gasteiger partial charge in [-0.1, -0.05) is 20.8 Å². The van der Waals surface area contributed by atoms with Gasteiger partial charge in [0.05, 0.1) is 5.75 Å². The normalized spacial score (nSPS) is 13.2. The smallest absolute Gasteiger partial charge is 0.145 e. The van der Waals surface area contributed by atoms with E-state index in [2.05, 4.69) is 13.8 Å². The minimum atomic E-state index is -0.922. The molecule has 0 saturated heterocycles. The molecule has 0 aromatic rings. The van der Waals surface area contributed by atoms with E-state index in [0.717, 1.165) is 12.8 Å². The summed E-state index contributed by atoms with van der Waals surface area (Å²) in [6.45, 7) is 6.17. The second kappa shape index (κ2) is 7.25. The molecule has 3 heteroatoms. The summed E-state index contributed by atoms with van der Waals surface area (Å²) >= 11 is 0. The van der Waals surface area contributed by atoms with Crippen molar-refractivity contribution in [3.05, 3.63) is 0 Å². The fraction of sp³-hybridized carbons (Fsp3) is 0.900. The predicted molar refractivity (Wildman–Crippen MR) is 57.2 cm³/mol. The second-order valence-corrected chi connectivity index (χ2v) is 5.34. The first-order valence-electron chi connectivity index (χ1n) is 4.93. The third kappa shape index (κ3) is 8.16. The Kier molecular flexibility index (Phi) is 7.14. The van der Waals surface area contributed by atoms with Crippen LogP contribution >= 0.6 is 0 Å². The largest absolute Gasteiger partial charge is 0.299 e. The molecule has 0 aliphatic heterocycles. The molecule has 0 aliphatic rings. The maximum Gasteiger partial charge on any atom is 0.145 e. The van der Waals surface area contributed by atoms with Gasteiger partial charge in [0.15, 0.2) is 0 Å². The number of carbonyl (C=O) groups excluding carboxylic acids is 1. The first-order chi connectivity index (χ1) is 6.06. The molecule has 0 N–H and O–H groups in total. The quantitative estimate of drug-likeness (QED) is 0.637. The van der Waals surface area contributed by atoms with Crippen LogP contribution in [0.4, 0.5) is 0 Å². The number of rotatable bonds is 7. The Morgan fingerprint density at radius 3 is 2.46 bits per heavy atom. The van der Waals surface area contributed by atoms with Crippen LogP contribution in [0.1, 0.15) is 40.0 Å². The van der Waals surface area contributed by atoms with E-state index in [0.29, 0.717) is 18.1 Å². The van der Waals surface area contributed by atoms with Crippen molar-refractivity contribution in [2.24, 2.45) is 5.92 Å². The topological polar surface area (TPSA) is 34.1 Å². The summed E-state index contributed by atoms with van der Waals surface area (Å²) in [5, 5.41) is 0. The van der Waals surface area contributed by atoms with Crippen molar-refractivity contribution < 1.29 is 9.00 Å². The van der Waals surface area contributed by atoms with Crippen molar-refractivity contribution in [1.29, 1.82) is 0 Å². The Balaban J connectivity index is 3.56. The zero-order valence-corrected chi connectivity index (χ0v) is 9.65. The number of ketones is 1. The molecule has 1 atom stereocenters. The lowest BCUT2D eigenvalue weighted by Gasteiger charge is -2.03. The van der Waals surface area contributed by atoms with E-state index in [4.69, 9.17) is 0 Å². The zero-order chi connectivity index (χ0) is 10.3. The van der Waals surface area contributed by atoms with Crippen LogP contribution in [0.2, 0.25) is 0 Å². The summed E-state index contributed by atoms with van der Waals surface area (Å²) in [6, 6.07) is 0. The number of carbonyl (C=O) groups is 1. The summed E-state index contributed by atoms with van der Waals surface area (Å²) < 4.78 is 11.3. The summed E-state index contributed by atoms with van der Waals surface area (Å²) in [6.07, 6.45) is 2.39. The number of Topliss-reactive ketones (excluding diaryl/α,β-unsaturated/α-hetero) is 1. The maximum atomic E-state index is 11.3. The van der Waals surface area contributed by atoms with Crippen molar-refractivity contribution in [3.8, 4) is 0 Å². The van der Waals surface area contributed by atoms with Crippen LogP contribution < -0.4 is 0 Å². The van der Waals surface area contributed by atoms with Crippen molar-refractivity contribution in [2.75, 3.05) is 11.5 Å². The molecule has 0 heterocycles. The van der Waals surface area contributed by atoms with Gasteiger partial charge in [0.25, 0.3) is 0 Å². The third-order valence-corrected chi connectivity index (χ3v) is 3.11. The van der Waals surface area contributed by atoms with Crippen LogP contribution in [0.15, 0.2) is 0 Å². The van der Waals surface area contributed by atoms with Gasteiger partial charge < -0.3 is 0 Å². The Morgan fingerprint density at radius 2 is 2.00 bits per heavy atom. The van der Waals surface area contributed by atoms with Crippen molar-refractivity contribution >= 4 is 16.6 Å². The van der Waals surface area contributed by atoms with E-state index in [1.165, 1.54) is 0 Å². The van der Waals surface area contributed by atoms with Crippen LogP contribution in [-0.4, -0.2) is 21.5 Å². The highest BCUT2D eigenvalue weighted by atomic mass is 32.2. The fourth-order valence-electron chi connectivity index (χ4n) is 0.970. The van der Waals surface area contributed by atoms with Crippen LogP contribution in [0.5, 0.6) is 0 Å². The Morgan fingerprint density at radius 1 is 1.38 bits per heavy atom. The van der Waals surface area contributed by atoms with Gasteiger partial charge in [-0.25, -0.2) is 0 Å². The molecule has 0 spiro atoms. The molecular formula is C10H20O2S. The molecule has 1 unspecified atom stereocenters. The zero-order valence-electron chi connectivity index (χ0n) is 8.84. The highest BCUT2D eigenvalue weighted by molar-refractivity contribution is 7.85. The molecule has 13 heavy (non-hydrogen) atoms. The highest BCUT2D eigenvalue weighted by Gasteiger charge is 2.07. The summed E-state index contributed by atoms with van der Waals surface area (Å²) in [7, 11) is -0.922. The molecule has 0 rings (SSSR count). The van der Waals surface area contributed by atoms with Crippen LogP contribution in [0.3, 0.4) is 0 Å². The van der Waals surface area contributed by atoms with E-state index in [-0.39, 0.29) is 11.5 Å². The molecule has 0 saturated carbocycles. The molecule has 0 aliphatic carbocycles. The van der Waals surface area contributed by atoms with Gasteiger partial charge in [0, 0.05) is 23.0 Å². The number of hydrogen-bond donors (Lipinski definition) is 0. The van der Waals surface area contributed by atoms with Crippen LogP contribution in [0.25, 0.3) is 0 Å². The van der Waals surface area contributed by atoms with Crippen molar-refractivity contribution in [2.45, 2.75) is 40.0 Å². The van der Waals surface area contributed by atoms with Gasteiger partial charge in [-0.3, -0.25) is 9.00 Å². The average molecular weight is 204 g/mol. The first kappa shape index (κ1) is 12.8. The standard InChI is InChI=1S/C10H20O2S/c1-4-5-10(11)8-13(12)7-6-9(2)3/h9H,4-8H2,1-3H3. The Labute approximate surface area is 83.6 Å². The van der Waals surface area contributed by atoms with Gasteiger partial charge in [-0.15, -0.1) is 0 Å². The van der Waals surface area contributed by atoms with E-state index in [9.17, 15) is 9.00 Å². The molecule has 0 fully saturated rings. The molecule has 78 valence electrons. The van der Waals surface area contributed by atoms with E-state index < -0.39 is 10.8 Å². The highest BCUT2D eigenvalue weighted by Crippen LogP contribution is 2.01. The molecule has 2 nitrogen and oxygen atoms in total. The molecule has 0 amide bonds. The van der Waals surface area contributed by atoms with E-state index in [1.54, 1.807) is 0 Å². The minimum Gasteiger partial charge on any atom is -0.299 e. The molecule has 0 aromatic heterocycles. The SMILES string of the molecule is CCCC(=O)CS(=O)CCC(C)C. The van der Waals surface area contributed by atoms with Gasteiger partial charge in [0.1, 0.15) is 5.78 Å². The van der Waals surface area contributed by atoms with Crippen LogP contribution in [0, 0.1) is 5.92 Å².